The van der Waals surface area contributed by atoms with E-state index in [4.69, 9.17) is 4.98 Å². The quantitative estimate of drug-likeness (QED) is 0.637. The SMILES string of the molecule is C[C@H]1CCc2c(ccc3c2nc(CCn2ccccc2=O)n3CC(=O)N2CC[C@H](O)C2)N1. The molecule has 2 atom stereocenters. The van der Waals surface area contributed by atoms with Crippen LogP contribution in [-0.2, 0) is 30.7 Å². The number of β-amino-alcohol motifs (C(OH)–C–C–N with tert-alkyl or cyclic N) is 1. The molecule has 2 aromatic heterocycles. The molecule has 0 spiro atoms. The Morgan fingerprint density at radius 2 is 2.12 bits per heavy atom. The number of rotatable bonds is 5. The molecule has 5 rings (SSSR count). The standard InChI is InChI=1S/C24H29N5O3/c1-16-5-6-18-19(25-16)7-8-20-24(18)26-21(10-13-27-11-3-2-4-22(27)31)29(20)15-23(32)28-12-9-17(30)14-28/h2-4,7-8,11,16-17,25,30H,5-6,9-10,12-15H2,1H3/t16-,17-/m0/s1. The van der Waals surface area contributed by atoms with Crippen LogP contribution in [0.15, 0.2) is 41.3 Å². The Balaban J connectivity index is 1.51. The van der Waals surface area contributed by atoms with Gasteiger partial charge in [-0.3, -0.25) is 9.59 Å². The molecule has 0 unspecified atom stereocenters. The number of likely N-dealkylation sites (tertiary alicyclic amines) is 1. The molecule has 0 bridgehead atoms. The van der Waals surface area contributed by atoms with E-state index < -0.39 is 6.10 Å². The first-order valence-electron chi connectivity index (χ1n) is 11.4. The molecular formula is C24H29N5O3. The second kappa shape index (κ2) is 8.43. The smallest absolute Gasteiger partial charge is 0.250 e. The van der Waals surface area contributed by atoms with Gasteiger partial charge in [-0.05, 0) is 44.4 Å². The maximum Gasteiger partial charge on any atom is 0.250 e. The molecule has 168 valence electrons. The minimum atomic E-state index is -0.442. The number of carbonyl (C=O) groups is 1. The first-order chi connectivity index (χ1) is 15.5. The Hall–Kier alpha value is -3.13. The molecule has 0 saturated carbocycles. The summed E-state index contributed by atoms with van der Waals surface area (Å²) in [7, 11) is 0. The van der Waals surface area contributed by atoms with Gasteiger partial charge in [-0.2, -0.15) is 0 Å². The van der Waals surface area contributed by atoms with Crippen molar-refractivity contribution in [3.05, 3.63) is 58.3 Å². The molecule has 2 N–H and O–H groups in total. The van der Waals surface area contributed by atoms with Crippen LogP contribution < -0.4 is 10.9 Å². The van der Waals surface area contributed by atoms with Gasteiger partial charge in [-0.25, -0.2) is 4.98 Å². The zero-order chi connectivity index (χ0) is 22.2. The lowest BCUT2D eigenvalue weighted by Crippen LogP contribution is -2.33. The Morgan fingerprint density at radius 1 is 1.25 bits per heavy atom. The highest BCUT2D eigenvalue weighted by atomic mass is 16.3. The van der Waals surface area contributed by atoms with E-state index in [1.54, 1.807) is 27.8 Å². The van der Waals surface area contributed by atoms with Gasteiger partial charge in [0.1, 0.15) is 12.4 Å². The summed E-state index contributed by atoms with van der Waals surface area (Å²) in [6, 6.07) is 9.67. The molecule has 0 radical (unpaired) electrons. The minimum absolute atomic E-state index is 0.0107. The maximum atomic E-state index is 13.0. The van der Waals surface area contributed by atoms with Crippen LogP contribution in [0.3, 0.4) is 0 Å². The van der Waals surface area contributed by atoms with Crippen molar-refractivity contribution in [2.75, 3.05) is 18.4 Å². The summed E-state index contributed by atoms with van der Waals surface area (Å²) in [6.45, 7) is 3.83. The summed E-state index contributed by atoms with van der Waals surface area (Å²) >= 11 is 0. The zero-order valence-corrected chi connectivity index (χ0v) is 18.3. The summed E-state index contributed by atoms with van der Waals surface area (Å²) in [5.74, 6) is 0.791. The van der Waals surface area contributed by atoms with E-state index in [1.807, 2.05) is 16.7 Å². The molecule has 3 aromatic rings. The largest absolute Gasteiger partial charge is 0.391 e. The Kier molecular flexibility index (Phi) is 5.46. The summed E-state index contributed by atoms with van der Waals surface area (Å²) in [5, 5.41) is 13.4. The second-order valence-corrected chi connectivity index (χ2v) is 8.92. The van der Waals surface area contributed by atoms with Crippen molar-refractivity contribution >= 4 is 22.6 Å². The van der Waals surface area contributed by atoms with Gasteiger partial charge in [-0.15, -0.1) is 0 Å². The minimum Gasteiger partial charge on any atom is -0.391 e. The lowest BCUT2D eigenvalue weighted by atomic mass is 9.98. The molecule has 8 heteroatoms. The lowest BCUT2D eigenvalue weighted by molar-refractivity contribution is -0.131. The van der Waals surface area contributed by atoms with Crippen LogP contribution in [0, 0.1) is 0 Å². The summed E-state index contributed by atoms with van der Waals surface area (Å²) in [5.41, 5.74) is 4.14. The third-order valence-corrected chi connectivity index (χ3v) is 6.62. The molecule has 1 fully saturated rings. The number of carbonyl (C=O) groups excluding carboxylic acids is 1. The predicted octanol–water partition coefficient (Wildman–Crippen LogP) is 1.78. The van der Waals surface area contributed by atoms with Crippen LogP contribution in [0.1, 0.15) is 31.2 Å². The summed E-state index contributed by atoms with van der Waals surface area (Å²) in [6.07, 6.45) is 4.49. The summed E-state index contributed by atoms with van der Waals surface area (Å²) < 4.78 is 3.66. The zero-order valence-electron chi connectivity index (χ0n) is 18.3. The van der Waals surface area contributed by atoms with Gasteiger partial charge in [0.15, 0.2) is 0 Å². The van der Waals surface area contributed by atoms with Crippen molar-refractivity contribution in [3.8, 4) is 0 Å². The second-order valence-electron chi connectivity index (χ2n) is 8.92. The number of nitrogens with one attached hydrogen (secondary N) is 1. The van der Waals surface area contributed by atoms with E-state index in [0.29, 0.717) is 38.5 Å². The first kappa shape index (κ1) is 20.8. The predicted molar refractivity (Wildman–Crippen MR) is 123 cm³/mol. The number of pyridine rings is 1. The maximum absolute atomic E-state index is 13.0. The van der Waals surface area contributed by atoms with Gasteiger partial charge in [0.2, 0.25) is 5.91 Å². The van der Waals surface area contributed by atoms with E-state index in [1.165, 1.54) is 5.56 Å². The number of aliphatic hydroxyl groups excluding tert-OH is 1. The monoisotopic (exact) mass is 435 g/mol. The van der Waals surface area contributed by atoms with Crippen molar-refractivity contribution in [2.24, 2.45) is 0 Å². The van der Waals surface area contributed by atoms with Crippen molar-refractivity contribution in [3.63, 3.8) is 0 Å². The Morgan fingerprint density at radius 3 is 2.91 bits per heavy atom. The highest BCUT2D eigenvalue weighted by Crippen LogP contribution is 2.32. The first-order valence-corrected chi connectivity index (χ1v) is 11.4. The number of hydrogen-bond acceptors (Lipinski definition) is 5. The topological polar surface area (TPSA) is 92.4 Å². The number of benzene rings is 1. The average Bonchev–Trinajstić information content (AvgIpc) is 3.37. The number of hydrogen-bond donors (Lipinski definition) is 2. The Bertz CT molecular complexity index is 1210. The number of aryl methyl sites for hydroxylation is 3. The average molecular weight is 436 g/mol. The van der Waals surface area contributed by atoms with Crippen LogP contribution in [-0.4, -0.2) is 55.3 Å². The molecule has 2 aliphatic heterocycles. The van der Waals surface area contributed by atoms with E-state index in [2.05, 4.69) is 18.3 Å². The fourth-order valence-electron chi connectivity index (χ4n) is 4.82. The van der Waals surface area contributed by atoms with E-state index in [-0.39, 0.29) is 18.0 Å². The number of nitrogens with zero attached hydrogens (tertiary/aromatic N) is 4. The van der Waals surface area contributed by atoms with Crippen LogP contribution in [0.25, 0.3) is 11.0 Å². The van der Waals surface area contributed by atoms with Gasteiger partial charge in [0.25, 0.3) is 5.56 Å². The molecule has 1 amide bonds. The summed E-state index contributed by atoms with van der Waals surface area (Å²) in [4.78, 5) is 31.9. The van der Waals surface area contributed by atoms with Crippen LogP contribution in [0.2, 0.25) is 0 Å². The van der Waals surface area contributed by atoms with Crippen molar-refractivity contribution < 1.29 is 9.90 Å². The number of amides is 1. The normalized spacial score (nSPS) is 20.4. The molecular weight excluding hydrogens is 406 g/mol. The van der Waals surface area contributed by atoms with Crippen LogP contribution in [0.4, 0.5) is 5.69 Å². The molecule has 4 heterocycles. The number of fused-ring (bicyclic) bond motifs is 3. The lowest BCUT2D eigenvalue weighted by Gasteiger charge is -2.24. The molecule has 32 heavy (non-hydrogen) atoms. The van der Waals surface area contributed by atoms with Crippen molar-refractivity contribution in [2.45, 2.75) is 57.8 Å². The fourth-order valence-corrected chi connectivity index (χ4v) is 4.82. The molecule has 8 nitrogen and oxygen atoms in total. The number of imidazole rings is 1. The van der Waals surface area contributed by atoms with E-state index in [9.17, 15) is 14.7 Å². The number of anilines is 1. The van der Waals surface area contributed by atoms with Crippen LogP contribution >= 0.6 is 0 Å². The van der Waals surface area contributed by atoms with Gasteiger partial charge in [0.05, 0.1) is 17.1 Å². The van der Waals surface area contributed by atoms with E-state index in [0.717, 1.165) is 35.4 Å². The highest BCUT2D eigenvalue weighted by Gasteiger charge is 2.27. The molecule has 2 aliphatic rings. The van der Waals surface area contributed by atoms with E-state index >= 15 is 0 Å². The molecule has 0 aliphatic carbocycles. The van der Waals surface area contributed by atoms with Gasteiger partial charge in [-0.1, -0.05) is 6.07 Å². The van der Waals surface area contributed by atoms with Gasteiger partial charge < -0.3 is 24.5 Å². The van der Waals surface area contributed by atoms with Crippen molar-refractivity contribution in [1.82, 2.24) is 19.0 Å². The highest BCUT2D eigenvalue weighted by molar-refractivity contribution is 5.87. The Labute approximate surface area is 186 Å². The number of aliphatic hydroxyl groups is 1. The van der Waals surface area contributed by atoms with Crippen molar-refractivity contribution in [1.29, 1.82) is 0 Å². The molecule has 1 saturated heterocycles. The fraction of sp³-hybridized carbons (Fsp3) is 0.458. The van der Waals surface area contributed by atoms with Gasteiger partial charge >= 0.3 is 0 Å². The third kappa shape index (κ3) is 3.90. The third-order valence-electron chi connectivity index (χ3n) is 6.62. The number of aromatic nitrogens is 3. The van der Waals surface area contributed by atoms with Crippen LogP contribution in [0.5, 0.6) is 0 Å². The molecule has 1 aromatic carbocycles. The van der Waals surface area contributed by atoms with Gasteiger partial charge in [0, 0.05) is 55.6 Å².